The summed E-state index contributed by atoms with van der Waals surface area (Å²) in [7, 11) is 0. The molecule has 0 radical (unpaired) electrons. The third kappa shape index (κ3) is 3.08. The Balaban J connectivity index is 1.76. The lowest BCUT2D eigenvalue weighted by atomic mass is 9.89. The fourth-order valence-electron chi connectivity index (χ4n) is 3.12. The van der Waals surface area contributed by atoms with Gasteiger partial charge in [0.1, 0.15) is 11.6 Å². The second kappa shape index (κ2) is 6.18. The Bertz CT molecular complexity index is 694. The molecule has 128 valence electrons. The third-order valence-corrected chi connectivity index (χ3v) is 4.31. The van der Waals surface area contributed by atoms with E-state index in [0.29, 0.717) is 18.8 Å². The molecule has 3 rings (SSSR count). The average molecular weight is 337 g/mol. The normalized spacial score (nSPS) is 21.3. The first-order valence-electron chi connectivity index (χ1n) is 7.70. The number of nitrogens with one attached hydrogen (secondary N) is 2. The maximum absolute atomic E-state index is 14.4. The van der Waals surface area contributed by atoms with Crippen molar-refractivity contribution in [3.05, 3.63) is 29.3 Å². The highest BCUT2D eigenvalue weighted by Crippen LogP contribution is 2.33. The van der Waals surface area contributed by atoms with Crippen LogP contribution in [0, 0.1) is 11.6 Å². The van der Waals surface area contributed by atoms with E-state index in [1.54, 1.807) is 4.90 Å². The van der Waals surface area contributed by atoms with Crippen molar-refractivity contribution in [2.75, 3.05) is 18.0 Å². The SMILES string of the molecule is CC(=O)NC1CN(c2cc(F)c(C3CCC(=O)NC3=O)c(F)c2)C1. The Morgan fingerprint density at radius 1 is 1.25 bits per heavy atom. The van der Waals surface area contributed by atoms with Crippen molar-refractivity contribution in [3.8, 4) is 0 Å². The highest BCUT2D eigenvalue weighted by molar-refractivity contribution is 6.01. The largest absolute Gasteiger partial charge is 0.367 e. The van der Waals surface area contributed by atoms with Crippen molar-refractivity contribution in [2.45, 2.75) is 31.7 Å². The van der Waals surface area contributed by atoms with E-state index in [4.69, 9.17) is 0 Å². The van der Waals surface area contributed by atoms with Crippen LogP contribution in [0.5, 0.6) is 0 Å². The summed E-state index contributed by atoms with van der Waals surface area (Å²) in [6, 6.07) is 2.33. The van der Waals surface area contributed by atoms with E-state index in [1.807, 2.05) is 0 Å². The minimum atomic E-state index is -1.000. The predicted molar refractivity (Wildman–Crippen MR) is 81.3 cm³/mol. The van der Waals surface area contributed by atoms with Gasteiger partial charge in [0.15, 0.2) is 0 Å². The molecule has 2 aliphatic rings. The maximum atomic E-state index is 14.4. The molecule has 6 nitrogen and oxygen atoms in total. The number of hydrogen-bond acceptors (Lipinski definition) is 4. The summed E-state index contributed by atoms with van der Waals surface area (Å²) in [5, 5.41) is 4.83. The number of anilines is 1. The van der Waals surface area contributed by atoms with Crippen LogP contribution in [-0.4, -0.2) is 36.9 Å². The molecule has 2 N–H and O–H groups in total. The van der Waals surface area contributed by atoms with Crippen LogP contribution < -0.4 is 15.5 Å². The molecule has 8 heteroatoms. The van der Waals surface area contributed by atoms with E-state index in [2.05, 4.69) is 10.6 Å². The first kappa shape index (κ1) is 16.4. The fraction of sp³-hybridized carbons (Fsp3) is 0.438. The summed E-state index contributed by atoms with van der Waals surface area (Å²) >= 11 is 0. The van der Waals surface area contributed by atoms with Crippen molar-refractivity contribution < 1.29 is 23.2 Å². The van der Waals surface area contributed by atoms with Gasteiger partial charge in [0, 0.05) is 37.7 Å². The van der Waals surface area contributed by atoms with Crippen LogP contribution in [0.25, 0.3) is 0 Å². The number of nitrogens with zero attached hydrogens (tertiary/aromatic N) is 1. The highest BCUT2D eigenvalue weighted by atomic mass is 19.1. The summed E-state index contributed by atoms with van der Waals surface area (Å²) in [6.07, 6.45) is 0.147. The Morgan fingerprint density at radius 3 is 2.42 bits per heavy atom. The standard InChI is InChI=1S/C16H17F2N3O3/c1-8(22)19-9-6-21(7-9)10-4-12(17)15(13(18)5-10)11-2-3-14(23)20-16(11)24/h4-5,9,11H,2-3,6-7H2,1H3,(H,19,22)(H,20,23,24). The lowest BCUT2D eigenvalue weighted by molar-refractivity contribution is -0.134. The lowest BCUT2D eigenvalue weighted by Gasteiger charge is -2.41. The molecule has 0 spiro atoms. The Kier molecular flexibility index (Phi) is 4.21. The van der Waals surface area contributed by atoms with Gasteiger partial charge in [-0.1, -0.05) is 0 Å². The average Bonchev–Trinajstić information content (AvgIpc) is 2.43. The van der Waals surface area contributed by atoms with Gasteiger partial charge in [-0.2, -0.15) is 0 Å². The summed E-state index contributed by atoms with van der Waals surface area (Å²) in [5.74, 6) is -3.86. The minimum absolute atomic E-state index is 0.0385. The molecular formula is C16H17F2N3O3. The Morgan fingerprint density at radius 2 is 1.88 bits per heavy atom. The number of benzene rings is 1. The number of piperidine rings is 1. The van der Waals surface area contributed by atoms with Crippen molar-refractivity contribution in [3.63, 3.8) is 0 Å². The van der Waals surface area contributed by atoms with Gasteiger partial charge in [-0.15, -0.1) is 0 Å². The zero-order chi connectivity index (χ0) is 17.4. The second-order valence-corrected chi connectivity index (χ2v) is 6.13. The molecule has 24 heavy (non-hydrogen) atoms. The summed E-state index contributed by atoms with van der Waals surface area (Å²) in [6.45, 7) is 2.35. The van der Waals surface area contributed by atoms with E-state index >= 15 is 0 Å². The molecule has 2 saturated heterocycles. The first-order valence-corrected chi connectivity index (χ1v) is 7.70. The maximum Gasteiger partial charge on any atom is 0.234 e. The zero-order valence-electron chi connectivity index (χ0n) is 13.1. The molecule has 0 saturated carbocycles. The summed E-state index contributed by atoms with van der Waals surface area (Å²) < 4.78 is 28.8. The molecule has 1 atom stereocenters. The van der Waals surface area contributed by atoms with Crippen LogP contribution in [0.2, 0.25) is 0 Å². The van der Waals surface area contributed by atoms with Gasteiger partial charge >= 0.3 is 0 Å². The number of halogens is 2. The minimum Gasteiger partial charge on any atom is -0.367 e. The van der Waals surface area contributed by atoms with E-state index in [0.717, 1.165) is 0 Å². The summed E-state index contributed by atoms with van der Waals surface area (Å²) in [4.78, 5) is 35.7. The van der Waals surface area contributed by atoms with Gasteiger partial charge in [0.25, 0.3) is 0 Å². The number of carbonyl (C=O) groups is 3. The van der Waals surface area contributed by atoms with E-state index in [-0.39, 0.29) is 30.4 Å². The van der Waals surface area contributed by atoms with Crippen molar-refractivity contribution in [1.29, 1.82) is 0 Å². The molecule has 2 fully saturated rings. The van der Waals surface area contributed by atoms with Crippen LogP contribution >= 0.6 is 0 Å². The molecule has 1 aromatic rings. The quantitative estimate of drug-likeness (QED) is 0.800. The van der Waals surface area contributed by atoms with Crippen LogP contribution in [0.3, 0.4) is 0 Å². The monoisotopic (exact) mass is 337 g/mol. The molecule has 0 aromatic heterocycles. The second-order valence-electron chi connectivity index (χ2n) is 6.13. The highest BCUT2D eigenvalue weighted by Gasteiger charge is 2.34. The smallest absolute Gasteiger partial charge is 0.234 e. The molecule has 2 heterocycles. The topological polar surface area (TPSA) is 78.5 Å². The van der Waals surface area contributed by atoms with Crippen molar-refractivity contribution in [1.82, 2.24) is 10.6 Å². The van der Waals surface area contributed by atoms with E-state index < -0.39 is 29.4 Å². The number of rotatable bonds is 3. The van der Waals surface area contributed by atoms with E-state index in [1.165, 1.54) is 19.1 Å². The molecule has 2 aliphatic heterocycles. The van der Waals surface area contributed by atoms with Gasteiger partial charge in [-0.3, -0.25) is 19.7 Å². The predicted octanol–water partition coefficient (Wildman–Crippen LogP) is 0.810. The summed E-state index contributed by atoms with van der Waals surface area (Å²) in [5.41, 5.74) is 0.0605. The first-order chi connectivity index (χ1) is 11.3. The van der Waals surface area contributed by atoms with Crippen LogP contribution in [0.4, 0.5) is 14.5 Å². The van der Waals surface area contributed by atoms with Gasteiger partial charge in [-0.25, -0.2) is 8.78 Å². The van der Waals surface area contributed by atoms with Crippen LogP contribution in [0.15, 0.2) is 12.1 Å². The molecule has 0 bridgehead atoms. The van der Waals surface area contributed by atoms with E-state index in [9.17, 15) is 23.2 Å². The Labute approximate surface area is 137 Å². The number of hydrogen-bond donors (Lipinski definition) is 2. The molecule has 3 amide bonds. The zero-order valence-corrected chi connectivity index (χ0v) is 13.1. The molecule has 0 aliphatic carbocycles. The van der Waals surface area contributed by atoms with Crippen molar-refractivity contribution >= 4 is 23.4 Å². The molecule has 1 aromatic carbocycles. The molecular weight excluding hydrogens is 320 g/mol. The fourth-order valence-corrected chi connectivity index (χ4v) is 3.12. The van der Waals surface area contributed by atoms with Gasteiger partial charge in [-0.05, 0) is 18.6 Å². The van der Waals surface area contributed by atoms with Crippen LogP contribution in [0.1, 0.15) is 31.2 Å². The molecule has 1 unspecified atom stereocenters. The van der Waals surface area contributed by atoms with Crippen LogP contribution in [-0.2, 0) is 14.4 Å². The lowest BCUT2D eigenvalue weighted by Crippen LogP contribution is -2.59. The number of carbonyl (C=O) groups excluding carboxylic acids is 3. The van der Waals surface area contributed by atoms with Gasteiger partial charge in [0.05, 0.1) is 12.0 Å². The van der Waals surface area contributed by atoms with Crippen molar-refractivity contribution in [2.24, 2.45) is 0 Å². The van der Waals surface area contributed by atoms with Gasteiger partial charge < -0.3 is 10.2 Å². The number of amides is 3. The third-order valence-electron chi connectivity index (χ3n) is 4.31. The number of imide groups is 1. The Hall–Kier alpha value is -2.51. The van der Waals surface area contributed by atoms with Gasteiger partial charge in [0.2, 0.25) is 17.7 Å².